The fourth-order valence-electron chi connectivity index (χ4n) is 2.03. The van der Waals surface area contributed by atoms with E-state index in [0.717, 1.165) is 11.3 Å². The monoisotopic (exact) mass is 341 g/mol. The van der Waals surface area contributed by atoms with Crippen LogP contribution in [0, 0.1) is 12.7 Å². The molecule has 0 aliphatic rings. The molecule has 0 aliphatic carbocycles. The fourth-order valence-corrected chi connectivity index (χ4v) is 2.82. The Morgan fingerprint density at radius 1 is 1.04 bits per heavy atom. The van der Waals surface area contributed by atoms with E-state index in [1.54, 1.807) is 18.2 Å². The molecule has 0 amide bonds. The van der Waals surface area contributed by atoms with Gasteiger partial charge in [0.05, 0.1) is 5.75 Å². The van der Waals surface area contributed by atoms with Crippen molar-refractivity contribution in [1.29, 1.82) is 0 Å². The Balaban J connectivity index is 1.74. The number of hydrogen-bond donors (Lipinski definition) is 2. The van der Waals surface area contributed by atoms with Gasteiger partial charge in [-0.15, -0.1) is 11.8 Å². The number of halogens is 1. The number of aryl methyl sites for hydroxylation is 1. The van der Waals surface area contributed by atoms with E-state index in [-0.39, 0.29) is 11.8 Å². The quantitative estimate of drug-likeness (QED) is 0.685. The molecule has 0 saturated carbocycles. The number of hydrogen-bond acceptors (Lipinski definition) is 6. The van der Waals surface area contributed by atoms with Crippen molar-refractivity contribution >= 4 is 29.3 Å². The van der Waals surface area contributed by atoms with Crippen LogP contribution in [-0.4, -0.2) is 15.0 Å². The summed E-state index contributed by atoms with van der Waals surface area (Å²) in [6, 6.07) is 14.4. The van der Waals surface area contributed by atoms with Gasteiger partial charge >= 0.3 is 0 Å². The van der Waals surface area contributed by atoms with Gasteiger partial charge in [-0.1, -0.05) is 29.8 Å². The third kappa shape index (κ3) is 4.20. The minimum absolute atomic E-state index is 0.128. The Morgan fingerprint density at radius 2 is 1.79 bits per heavy atom. The highest BCUT2D eigenvalue weighted by Gasteiger charge is 2.08. The molecule has 0 fully saturated rings. The van der Waals surface area contributed by atoms with E-state index < -0.39 is 0 Å². The first-order valence-corrected chi connectivity index (χ1v) is 8.30. The summed E-state index contributed by atoms with van der Waals surface area (Å²) in [5.74, 6) is 1.13. The number of thioether (sulfide) groups is 1. The van der Waals surface area contributed by atoms with Gasteiger partial charge < -0.3 is 11.1 Å². The van der Waals surface area contributed by atoms with Crippen molar-refractivity contribution in [2.24, 2.45) is 0 Å². The third-order valence-electron chi connectivity index (χ3n) is 3.20. The van der Waals surface area contributed by atoms with Crippen LogP contribution in [0.5, 0.6) is 0 Å². The standard InChI is InChI=1S/C17H16FN5S/c1-11-6-8-12(9-7-11)20-17-22-15(21-16(19)23-17)10-24-14-5-3-2-4-13(14)18/h2-9H,10H2,1H3,(H3,19,20,21,22,23). The van der Waals surface area contributed by atoms with Crippen molar-refractivity contribution < 1.29 is 4.39 Å². The molecule has 1 heterocycles. The van der Waals surface area contributed by atoms with Crippen LogP contribution >= 0.6 is 11.8 Å². The Hall–Kier alpha value is -2.67. The average molecular weight is 341 g/mol. The first kappa shape index (κ1) is 16.2. The number of aromatic nitrogens is 3. The zero-order valence-electron chi connectivity index (χ0n) is 13.0. The highest BCUT2D eigenvalue weighted by Crippen LogP contribution is 2.24. The Kier molecular flexibility index (Phi) is 4.90. The van der Waals surface area contributed by atoms with Crippen molar-refractivity contribution in [2.45, 2.75) is 17.6 Å². The number of nitrogens with one attached hydrogen (secondary N) is 1. The number of benzene rings is 2. The number of rotatable bonds is 5. The number of nitrogen functional groups attached to an aromatic ring is 1. The van der Waals surface area contributed by atoms with E-state index in [1.165, 1.54) is 17.8 Å². The molecule has 0 aliphatic heterocycles. The molecule has 5 nitrogen and oxygen atoms in total. The minimum atomic E-state index is -0.262. The van der Waals surface area contributed by atoms with E-state index in [2.05, 4.69) is 20.3 Å². The molecule has 0 unspecified atom stereocenters. The van der Waals surface area contributed by atoms with Gasteiger partial charge in [0.1, 0.15) is 11.6 Å². The van der Waals surface area contributed by atoms with Crippen LogP contribution < -0.4 is 11.1 Å². The van der Waals surface area contributed by atoms with Crippen LogP contribution in [0.25, 0.3) is 0 Å². The van der Waals surface area contributed by atoms with Gasteiger partial charge in [0.2, 0.25) is 11.9 Å². The summed E-state index contributed by atoms with van der Waals surface area (Å²) in [6.45, 7) is 2.02. The Morgan fingerprint density at radius 3 is 2.54 bits per heavy atom. The van der Waals surface area contributed by atoms with Crippen LogP contribution in [0.4, 0.5) is 22.0 Å². The van der Waals surface area contributed by atoms with Gasteiger partial charge in [0.25, 0.3) is 0 Å². The molecule has 3 N–H and O–H groups in total. The van der Waals surface area contributed by atoms with Gasteiger partial charge in [-0.05, 0) is 31.2 Å². The lowest BCUT2D eigenvalue weighted by Crippen LogP contribution is -2.06. The van der Waals surface area contributed by atoms with E-state index in [9.17, 15) is 4.39 Å². The molecular formula is C17H16FN5S. The molecule has 0 atom stereocenters. The molecule has 0 saturated heterocycles. The molecule has 2 aromatic carbocycles. The smallest absolute Gasteiger partial charge is 0.232 e. The van der Waals surface area contributed by atoms with Crippen LogP contribution in [-0.2, 0) is 5.75 Å². The molecule has 0 spiro atoms. The maximum Gasteiger partial charge on any atom is 0.232 e. The van der Waals surface area contributed by atoms with Crippen molar-refractivity contribution in [3.05, 3.63) is 65.7 Å². The summed E-state index contributed by atoms with van der Waals surface area (Å²) >= 11 is 1.31. The first-order chi connectivity index (χ1) is 11.6. The average Bonchev–Trinajstić information content (AvgIpc) is 2.56. The Labute approximate surface area is 143 Å². The molecule has 24 heavy (non-hydrogen) atoms. The topological polar surface area (TPSA) is 76.7 Å². The van der Waals surface area contributed by atoms with Gasteiger partial charge in [-0.25, -0.2) is 4.39 Å². The van der Waals surface area contributed by atoms with Crippen molar-refractivity contribution in [3.63, 3.8) is 0 Å². The van der Waals surface area contributed by atoms with Gasteiger partial charge in [0, 0.05) is 10.6 Å². The largest absolute Gasteiger partial charge is 0.368 e. The lowest BCUT2D eigenvalue weighted by atomic mass is 10.2. The summed E-state index contributed by atoms with van der Waals surface area (Å²) in [4.78, 5) is 13.1. The van der Waals surface area contributed by atoms with E-state index in [1.807, 2.05) is 31.2 Å². The summed E-state index contributed by atoms with van der Waals surface area (Å²) < 4.78 is 13.7. The van der Waals surface area contributed by atoms with Crippen molar-refractivity contribution in [3.8, 4) is 0 Å². The molecule has 3 rings (SSSR count). The Bertz CT molecular complexity index is 839. The van der Waals surface area contributed by atoms with E-state index >= 15 is 0 Å². The van der Waals surface area contributed by atoms with E-state index in [0.29, 0.717) is 22.4 Å². The first-order valence-electron chi connectivity index (χ1n) is 7.31. The SMILES string of the molecule is Cc1ccc(Nc2nc(N)nc(CSc3ccccc3F)n2)cc1. The second-order valence-corrected chi connectivity index (χ2v) is 6.16. The van der Waals surface area contributed by atoms with Crippen LogP contribution in [0.1, 0.15) is 11.4 Å². The molecule has 1 aromatic heterocycles. The predicted octanol–water partition coefficient (Wildman–Crippen LogP) is 3.94. The predicted molar refractivity (Wildman–Crippen MR) is 94.7 cm³/mol. The highest BCUT2D eigenvalue weighted by atomic mass is 32.2. The second-order valence-electron chi connectivity index (χ2n) is 5.14. The molecule has 3 aromatic rings. The second kappa shape index (κ2) is 7.27. The van der Waals surface area contributed by atoms with Crippen molar-refractivity contribution in [1.82, 2.24) is 15.0 Å². The number of nitrogens with two attached hydrogens (primary N) is 1. The summed E-state index contributed by atoms with van der Waals surface area (Å²) in [5.41, 5.74) is 7.78. The van der Waals surface area contributed by atoms with Crippen molar-refractivity contribution in [2.75, 3.05) is 11.1 Å². The van der Waals surface area contributed by atoms with Gasteiger partial charge in [-0.2, -0.15) is 15.0 Å². The minimum Gasteiger partial charge on any atom is -0.368 e. The summed E-state index contributed by atoms with van der Waals surface area (Å²) in [7, 11) is 0. The molecule has 7 heteroatoms. The molecule has 122 valence electrons. The number of nitrogens with zero attached hydrogens (tertiary/aromatic N) is 3. The van der Waals surface area contributed by atoms with Gasteiger partial charge in [-0.3, -0.25) is 0 Å². The molecule has 0 radical (unpaired) electrons. The molecule has 0 bridgehead atoms. The maximum absolute atomic E-state index is 13.7. The summed E-state index contributed by atoms with van der Waals surface area (Å²) in [5, 5.41) is 3.10. The van der Waals surface area contributed by atoms with Crippen LogP contribution in [0.15, 0.2) is 53.4 Å². The van der Waals surface area contributed by atoms with E-state index in [4.69, 9.17) is 5.73 Å². The van der Waals surface area contributed by atoms with Crippen LogP contribution in [0.3, 0.4) is 0 Å². The highest BCUT2D eigenvalue weighted by molar-refractivity contribution is 7.98. The maximum atomic E-state index is 13.7. The zero-order chi connectivity index (χ0) is 16.9. The van der Waals surface area contributed by atoms with Gasteiger partial charge in [0.15, 0.2) is 0 Å². The lowest BCUT2D eigenvalue weighted by molar-refractivity contribution is 0.602. The normalized spacial score (nSPS) is 10.6. The third-order valence-corrected chi connectivity index (χ3v) is 4.24. The molecular weight excluding hydrogens is 325 g/mol. The summed E-state index contributed by atoms with van der Waals surface area (Å²) in [6.07, 6.45) is 0. The zero-order valence-corrected chi connectivity index (χ0v) is 13.8. The number of anilines is 3. The lowest BCUT2D eigenvalue weighted by Gasteiger charge is -2.08. The van der Waals surface area contributed by atoms with Crippen LogP contribution in [0.2, 0.25) is 0 Å². The fraction of sp³-hybridized carbons (Fsp3) is 0.118.